The van der Waals surface area contributed by atoms with Crippen LogP contribution in [0.1, 0.15) is 43.6 Å². The molecule has 2 fully saturated rings. The Morgan fingerprint density at radius 1 is 1.25 bits per heavy atom. The highest BCUT2D eigenvalue weighted by Gasteiger charge is 2.55. The summed E-state index contributed by atoms with van der Waals surface area (Å²) in [7, 11) is 0. The summed E-state index contributed by atoms with van der Waals surface area (Å²) in [4.78, 5) is 23.4. The smallest absolute Gasteiger partial charge is 0.326 e. The second-order valence-electron chi connectivity index (χ2n) is 5.96. The molecule has 2 aliphatic rings. The highest BCUT2D eigenvalue weighted by atomic mass is 16.4. The van der Waals surface area contributed by atoms with Crippen LogP contribution >= 0.6 is 0 Å². The van der Waals surface area contributed by atoms with E-state index in [4.69, 9.17) is 0 Å². The molecule has 4 nitrogen and oxygen atoms in total. The molecule has 20 heavy (non-hydrogen) atoms. The Morgan fingerprint density at radius 3 is 2.70 bits per heavy atom. The van der Waals surface area contributed by atoms with Gasteiger partial charge < -0.3 is 10.4 Å². The minimum atomic E-state index is -0.904. The van der Waals surface area contributed by atoms with Gasteiger partial charge in [0.15, 0.2) is 0 Å². The molecule has 1 saturated heterocycles. The van der Waals surface area contributed by atoms with E-state index in [0.29, 0.717) is 6.42 Å². The third kappa shape index (κ3) is 1.99. The molecule has 106 valence electrons. The largest absolute Gasteiger partial charge is 0.480 e. The van der Waals surface area contributed by atoms with Crippen LogP contribution in [0.3, 0.4) is 0 Å². The third-order valence-electron chi connectivity index (χ3n) is 4.90. The molecule has 1 aliphatic carbocycles. The van der Waals surface area contributed by atoms with Crippen LogP contribution in [0.2, 0.25) is 0 Å². The Balaban J connectivity index is 2.03. The average Bonchev–Trinajstić information content (AvgIpc) is 2.77. The van der Waals surface area contributed by atoms with Crippen LogP contribution in [0.15, 0.2) is 30.3 Å². The van der Waals surface area contributed by atoms with Gasteiger partial charge in [0.05, 0.1) is 0 Å². The predicted octanol–water partition coefficient (Wildman–Crippen LogP) is 2.30. The molecule has 1 saturated carbocycles. The first-order valence-electron chi connectivity index (χ1n) is 7.20. The maximum atomic E-state index is 11.8. The number of hydrogen-bond donors (Lipinski definition) is 2. The van der Waals surface area contributed by atoms with Crippen molar-refractivity contribution in [2.45, 2.75) is 44.1 Å². The van der Waals surface area contributed by atoms with Gasteiger partial charge in [-0.2, -0.15) is 0 Å². The molecule has 1 aromatic carbocycles. The fourth-order valence-electron chi connectivity index (χ4n) is 4.07. The van der Waals surface area contributed by atoms with Crippen LogP contribution in [0, 0.1) is 5.41 Å². The number of benzene rings is 1. The minimum absolute atomic E-state index is 0.125. The van der Waals surface area contributed by atoms with Crippen molar-refractivity contribution in [2.75, 3.05) is 0 Å². The fourth-order valence-corrected chi connectivity index (χ4v) is 4.07. The summed E-state index contributed by atoms with van der Waals surface area (Å²) in [6, 6.07) is 9.29. The van der Waals surface area contributed by atoms with Crippen molar-refractivity contribution in [3.05, 3.63) is 35.9 Å². The van der Waals surface area contributed by atoms with Crippen molar-refractivity contribution in [3.8, 4) is 0 Å². The SMILES string of the molecule is O=C1CC2(CCCCC2c2ccccc2)C(C(=O)O)N1. The van der Waals surface area contributed by atoms with Crippen molar-refractivity contribution >= 4 is 11.9 Å². The number of aliphatic carboxylic acids is 1. The van der Waals surface area contributed by atoms with Gasteiger partial charge in [-0.25, -0.2) is 4.79 Å². The predicted molar refractivity (Wildman–Crippen MR) is 74.3 cm³/mol. The lowest BCUT2D eigenvalue weighted by molar-refractivity contribution is -0.143. The Hall–Kier alpha value is -1.84. The summed E-state index contributed by atoms with van der Waals surface area (Å²) in [5.41, 5.74) is 0.706. The summed E-state index contributed by atoms with van der Waals surface area (Å²) in [5.74, 6) is -0.878. The van der Waals surface area contributed by atoms with Gasteiger partial charge >= 0.3 is 5.97 Å². The second kappa shape index (κ2) is 4.93. The van der Waals surface area contributed by atoms with Crippen LogP contribution in [0.4, 0.5) is 0 Å². The van der Waals surface area contributed by atoms with E-state index in [1.54, 1.807) is 0 Å². The van der Waals surface area contributed by atoms with E-state index in [9.17, 15) is 14.7 Å². The van der Waals surface area contributed by atoms with Crippen LogP contribution in [-0.2, 0) is 9.59 Å². The number of nitrogens with one attached hydrogen (secondary N) is 1. The van der Waals surface area contributed by atoms with E-state index in [0.717, 1.165) is 31.2 Å². The molecule has 1 heterocycles. The number of carboxylic acids is 1. The van der Waals surface area contributed by atoms with Crippen molar-refractivity contribution < 1.29 is 14.7 Å². The topological polar surface area (TPSA) is 66.4 Å². The molecule has 1 aromatic rings. The van der Waals surface area contributed by atoms with Gasteiger partial charge in [-0.15, -0.1) is 0 Å². The number of carbonyl (C=O) groups is 2. The molecule has 1 spiro atoms. The summed E-state index contributed by atoms with van der Waals surface area (Å²) >= 11 is 0. The molecule has 0 bridgehead atoms. The van der Waals surface area contributed by atoms with E-state index >= 15 is 0 Å². The monoisotopic (exact) mass is 273 g/mol. The van der Waals surface area contributed by atoms with Gasteiger partial charge in [0.2, 0.25) is 5.91 Å². The highest BCUT2D eigenvalue weighted by molar-refractivity contribution is 5.89. The second-order valence-corrected chi connectivity index (χ2v) is 5.96. The molecule has 0 radical (unpaired) electrons. The molecule has 0 aromatic heterocycles. The Labute approximate surface area is 118 Å². The fraction of sp³-hybridized carbons (Fsp3) is 0.500. The van der Waals surface area contributed by atoms with Gasteiger partial charge in [0, 0.05) is 11.8 Å². The lowest BCUT2D eigenvalue weighted by Crippen LogP contribution is -2.48. The van der Waals surface area contributed by atoms with Crippen molar-refractivity contribution in [2.24, 2.45) is 5.41 Å². The number of hydrogen-bond acceptors (Lipinski definition) is 2. The van der Waals surface area contributed by atoms with Gasteiger partial charge in [-0.3, -0.25) is 4.79 Å². The highest BCUT2D eigenvalue weighted by Crippen LogP contribution is 2.53. The third-order valence-corrected chi connectivity index (χ3v) is 4.90. The lowest BCUT2D eigenvalue weighted by atomic mass is 9.60. The number of carbonyl (C=O) groups excluding carboxylic acids is 1. The summed E-state index contributed by atoms with van der Waals surface area (Å²) in [5, 5.41) is 12.2. The zero-order valence-corrected chi connectivity index (χ0v) is 11.3. The standard InChI is InChI=1S/C16H19NO3/c18-13-10-16(14(17-13)15(19)20)9-5-4-8-12(16)11-6-2-1-3-7-11/h1-3,6-7,12,14H,4-5,8-10H2,(H,17,18)(H,19,20). The lowest BCUT2D eigenvalue weighted by Gasteiger charge is -2.43. The van der Waals surface area contributed by atoms with Crippen LogP contribution < -0.4 is 5.32 Å². The molecular weight excluding hydrogens is 254 g/mol. The summed E-state index contributed by atoms with van der Waals surface area (Å²) < 4.78 is 0. The van der Waals surface area contributed by atoms with Crippen LogP contribution in [0.25, 0.3) is 0 Å². The molecule has 2 N–H and O–H groups in total. The molecule has 1 amide bonds. The van der Waals surface area contributed by atoms with Gasteiger partial charge in [-0.1, -0.05) is 43.2 Å². The molecular formula is C16H19NO3. The Bertz CT molecular complexity index is 528. The Morgan fingerprint density at radius 2 is 2.00 bits per heavy atom. The number of amides is 1. The van der Waals surface area contributed by atoms with E-state index in [1.165, 1.54) is 0 Å². The van der Waals surface area contributed by atoms with Crippen LogP contribution in [-0.4, -0.2) is 23.0 Å². The number of rotatable bonds is 2. The van der Waals surface area contributed by atoms with Crippen molar-refractivity contribution in [1.82, 2.24) is 5.32 Å². The van der Waals surface area contributed by atoms with Gasteiger partial charge in [-0.05, 0) is 24.3 Å². The van der Waals surface area contributed by atoms with Gasteiger partial charge in [0.25, 0.3) is 0 Å². The normalized spacial score (nSPS) is 33.1. The van der Waals surface area contributed by atoms with E-state index in [-0.39, 0.29) is 11.8 Å². The zero-order chi connectivity index (χ0) is 14.2. The van der Waals surface area contributed by atoms with Crippen molar-refractivity contribution in [3.63, 3.8) is 0 Å². The van der Waals surface area contributed by atoms with E-state index in [2.05, 4.69) is 17.4 Å². The quantitative estimate of drug-likeness (QED) is 0.869. The Kier molecular flexibility index (Phi) is 3.24. The van der Waals surface area contributed by atoms with E-state index in [1.807, 2.05) is 18.2 Å². The maximum absolute atomic E-state index is 11.8. The van der Waals surface area contributed by atoms with E-state index < -0.39 is 17.4 Å². The minimum Gasteiger partial charge on any atom is -0.480 e. The first-order chi connectivity index (χ1) is 9.63. The first-order valence-corrected chi connectivity index (χ1v) is 7.20. The summed E-state index contributed by atoms with van der Waals surface area (Å²) in [6.07, 6.45) is 4.21. The summed E-state index contributed by atoms with van der Waals surface area (Å²) in [6.45, 7) is 0. The molecule has 3 rings (SSSR count). The van der Waals surface area contributed by atoms with Crippen LogP contribution in [0.5, 0.6) is 0 Å². The molecule has 3 unspecified atom stereocenters. The number of carboxylic acid groups (broad SMARTS) is 1. The molecule has 3 atom stereocenters. The van der Waals surface area contributed by atoms with Gasteiger partial charge in [0.1, 0.15) is 6.04 Å². The molecule has 1 aliphatic heterocycles. The maximum Gasteiger partial charge on any atom is 0.326 e. The molecule has 4 heteroatoms. The van der Waals surface area contributed by atoms with Crippen molar-refractivity contribution in [1.29, 1.82) is 0 Å². The zero-order valence-electron chi connectivity index (χ0n) is 11.3. The average molecular weight is 273 g/mol. The first kappa shape index (κ1) is 13.2.